The second kappa shape index (κ2) is 5.12. The van der Waals surface area contributed by atoms with E-state index in [0.29, 0.717) is 5.92 Å². The first-order valence-corrected chi connectivity index (χ1v) is 5.86. The third-order valence-electron chi connectivity index (χ3n) is 2.95. The summed E-state index contributed by atoms with van der Waals surface area (Å²) >= 11 is 0. The molecule has 0 aromatic heterocycles. The maximum atomic E-state index is 11.9. The Kier molecular flexibility index (Phi) is 3.57. The van der Waals surface area contributed by atoms with Crippen molar-refractivity contribution in [2.24, 2.45) is 5.92 Å². The zero-order valence-corrected chi connectivity index (χ0v) is 9.65. The monoisotopic (exact) mass is 218 g/mol. The van der Waals surface area contributed by atoms with Gasteiger partial charge >= 0.3 is 0 Å². The Morgan fingerprint density at radius 1 is 1.38 bits per heavy atom. The number of benzene rings is 1. The van der Waals surface area contributed by atoms with Crippen LogP contribution in [0.15, 0.2) is 30.3 Å². The van der Waals surface area contributed by atoms with Gasteiger partial charge in [0.2, 0.25) is 0 Å². The van der Waals surface area contributed by atoms with Crippen LogP contribution in [-0.2, 0) is 0 Å². The van der Waals surface area contributed by atoms with Crippen LogP contribution in [0, 0.1) is 5.92 Å². The molecule has 0 spiro atoms. The topological polar surface area (TPSA) is 32.3 Å². The lowest BCUT2D eigenvalue weighted by Crippen LogP contribution is -2.47. The van der Waals surface area contributed by atoms with Gasteiger partial charge in [-0.15, -0.1) is 0 Å². The molecule has 0 radical (unpaired) electrons. The van der Waals surface area contributed by atoms with E-state index in [1.165, 1.54) is 6.42 Å². The lowest BCUT2D eigenvalue weighted by molar-refractivity contribution is 0.0694. The van der Waals surface area contributed by atoms with E-state index in [2.05, 4.69) is 12.3 Å². The SMILES string of the molecule is C[C@H]1CCCN(NC(=O)c2ccccc2)C1. The van der Waals surface area contributed by atoms with Crippen molar-refractivity contribution in [3.63, 3.8) is 0 Å². The van der Waals surface area contributed by atoms with Crippen LogP contribution in [0.1, 0.15) is 30.1 Å². The summed E-state index contributed by atoms with van der Waals surface area (Å²) in [6.45, 7) is 4.14. The molecule has 86 valence electrons. The number of piperidine rings is 1. The van der Waals surface area contributed by atoms with Crippen LogP contribution in [0.5, 0.6) is 0 Å². The summed E-state index contributed by atoms with van der Waals surface area (Å²) in [5, 5.41) is 2.03. The summed E-state index contributed by atoms with van der Waals surface area (Å²) in [7, 11) is 0. The summed E-state index contributed by atoms with van der Waals surface area (Å²) in [6.07, 6.45) is 2.42. The molecule has 1 fully saturated rings. The second-order valence-electron chi connectivity index (χ2n) is 4.50. The molecule has 1 aliphatic rings. The Morgan fingerprint density at radius 3 is 2.81 bits per heavy atom. The van der Waals surface area contributed by atoms with Gasteiger partial charge in [-0.1, -0.05) is 25.1 Å². The van der Waals surface area contributed by atoms with Gasteiger partial charge < -0.3 is 0 Å². The van der Waals surface area contributed by atoms with Gasteiger partial charge in [-0.2, -0.15) is 0 Å². The minimum Gasteiger partial charge on any atom is -0.285 e. The molecule has 0 bridgehead atoms. The van der Waals surface area contributed by atoms with Gasteiger partial charge in [0, 0.05) is 18.7 Å². The Bertz CT molecular complexity index is 350. The molecule has 0 unspecified atom stereocenters. The van der Waals surface area contributed by atoms with E-state index in [9.17, 15) is 4.79 Å². The first-order chi connectivity index (χ1) is 7.75. The molecule has 0 aliphatic carbocycles. The summed E-state index contributed by atoms with van der Waals surface area (Å²) in [5.74, 6) is 0.666. The molecule has 1 aliphatic heterocycles. The van der Waals surface area contributed by atoms with Gasteiger partial charge in [0.15, 0.2) is 0 Å². The number of carbonyl (C=O) groups is 1. The zero-order valence-electron chi connectivity index (χ0n) is 9.65. The summed E-state index contributed by atoms with van der Waals surface area (Å²) < 4.78 is 0. The standard InChI is InChI=1S/C13H18N2O/c1-11-6-5-9-15(10-11)14-13(16)12-7-3-2-4-8-12/h2-4,7-8,11H,5-6,9-10H2,1H3,(H,14,16)/t11-/m0/s1. The number of nitrogens with zero attached hydrogens (tertiary/aromatic N) is 1. The van der Waals surface area contributed by atoms with Crippen LogP contribution >= 0.6 is 0 Å². The van der Waals surface area contributed by atoms with Crippen molar-refractivity contribution in [2.75, 3.05) is 13.1 Å². The molecular formula is C13H18N2O. The summed E-state index contributed by atoms with van der Waals surface area (Å²) in [5.41, 5.74) is 3.68. The van der Waals surface area contributed by atoms with Crippen LogP contribution < -0.4 is 5.43 Å². The van der Waals surface area contributed by atoms with E-state index < -0.39 is 0 Å². The van der Waals surface area contributed by atoms with E-state index in [0.717, 1.165) is 25.1 Å². The summed E-state index contributed by atoms with van der Waals surface area (Å²) in [6, 6.07) is 9.35. The first-order valence-electron chi connectivity index (χ1n) is 5.86. The molecule has 2 rings (SSSR count). The fourth-order valence-corrected chi connectivity index (χ4v) is 2.09. The zero-order chi connectivity index (χ0) is 11.4. The molecular weight excluding hydrogens is 200 g/mol. The Balaban J connectivity index is 1.92. The molecule has 1 aromatic rings. The number of carbonyl (C=O) groups excluding carboxylic acids is 1. The molecule has 1 aromatic carbocycles. The Labute approximate surface area is 96.4 Å². The number of hydrogen-bond donors (Lipinski definition) is 1. The Morgan fingerprint density at radius 2 is 2.12 bits per heavy atom. The fourth-order valence-electron chi connectivity index (χ4n) is 2.09. The highest BCUT2D eigenvalue weighted by Gasteiger charge is 2.18. The molecule has 16 heavy (non-hydrogen) atoms. The third-order valence-corrected chi connectivity index (χ3v) is 2.95. The maximum Gasteiger partial charge on any atom is 0.265 e. The highest BCUT2D eigenvalue weighted by atomic mass is 16.2. The van der Waals surface area contributed by atoms with Crippen molar-refractivity contribution in [1.82, 2.24) is 10.4 Å². The highest BCUT2D eigenvalue weighted by Crippen LogP contribution is 2.13. The highest BCUT2D eigenvalue weighted by molar-refractivity contribution is 5.93. The minimum absolute atomic E-state index is 0.00491. The molecule has 1 N–H and O–H groups in total. The van der Waals surface area contributed by atoms with Gasteiger partial charge in [-0.3, -0.25) is 10.2 Å². The molecule has 3 heteroatoms. The van der Waals surface area contributed by atoms with Crippen molar-refractivity contribution in [3.8, 4) is 0 Å². The quantitative estimate of drug-likeness (QED) is 0.824. The van der Waals surface area contributed by atoms with Crippen molar-refractivity contribution in [3.05, 3.63) is 35.9 Å². The van der Waals surface area contributed by atoms with Crippen molar-refractivity contribution in [1.29, 1.82) is 0 Å². The van der Waals surface area contributed by atoms with Crippen molar-refractivity contribution < 1.29 is 4.79 Å². The van der Waals surface area contributed by atoms with Crippen molar-refractivity contribution in [2.45, 2.75) is 19.8 Å². The first kappa shape index (κ1) is 11.1. The Hall–Kier alpha value is -1.35. The molecule has 3 nitrogen and oxygen atoms in total. The largest absolute Gasteiger partial charge is 0.285 e. The van der Waals surface area contributed by atoms with Crippen LogP contribution in [-0.4, -0.2) is 24.0 Å². The lowest BCUT2D eigenvalue weighted by atomic mass is 10.0. The average molecular weight is 218 g/mol. The van der Waals surface area contributed by atoms with Gasteiger partial charge in [-0.05, 0) is 30.9 Å². The smallest absolute Gasteiger partial charge is 0.265 e. The molecule has 1 saturated heterocycles. The van der Waals surface area contributed by atoms with E-state index in [-0.39, 0.29) is 5.91 Å². The van der Waals surface area contributed by atoms with Gasteiger partial charge in [0.05, 0.1) is 0 Å². The third kappa shape index (κ3) is 2.83. The van der Waals surface area contributed by atoms with E-state index >= 15 is 0 Å². The van der Waals surface area contributed by atoms with Gasteiger partial charge in [0.25, 0.3) is 5.91 Å². The van der Waals surface area contributed by atoms with Crippen LogP contribution in [0.3, 0.4) is 0 Å². The minimum atomic E-state index is -0.00491. The number of hydrogen-bond acceptors (Lipinski definition) is 2. The molecule has 0 saturated carbocycles. The number of hydrazine groups is 1. The van der Waals surface area contributed by atoms with Crippen LogP contribution in [0.4, 0.5) is 0 Å². The molecule has 1 atom stereocenters. The van der Waals surface area contributed by atoms with Gasteiger partial charge in [0.1, 0.15) is 0 Å². The van der Waals surface area contributed by atoms with E-state index in [1.54, 1.807) is 0 Å². The van der Waals surface area contributed by atoms with E-state index in [4.69, 9.17) is 0 Å². The van der Waals surface area contributed by atoms with Crippen molar-refractivity contribution >= 4 is 5.91 Å². The normalized spacial score (nSPS) is 21.7. The number of nitrogens with one attached hydrogen (secondary N) is 1. The number of amides is 1. The number of rotatable bonds is 2. The van der Waals surface area contributed by atoms with E-state index in [1.807, 2.05) is 35.3 Å². The fraction of sp³-hybridized carbons (Fsp3) is 0.462. The van der Waals surface area contributed by atoms with Crippen LogP contribution in [0.2, 0.25) is 0 Å². The predicted octanol–water partition coefficient (Wildman–Crippen LogP) is 2.06. The molecule has 1 heterocycles. The average Bonchev–Trinajstić information content (AvgIpc) is 2.30. The van der Waals surface area contributed by atoms with Gasteiger partial charge in [-0.25, -0.2) is 5.01 Å². The predicted molar refractivity (Wildman–Crippen MR) is 63.9 cm³/mol. The maximum absolute atomic E-state index is 11.9. The lowest BCUT2D eigenvalue weighted by Gasteiger charge is -2.30. The second-order valence-corrected chi connectivity index (χ2v) is 4.50. The molecule has 1 amide bonds. The van der Waals surface area contributed by atoms with Crippen LogP contribution in [0.25, 0.3) is 0 Å². The summed E-state index contributed by atoms with van der Waals surface area (Å²) in [4.78, 5) is 11.9.